The molecule has 0 bridgehead atoms. The second kappa shape index (κ2) is 8.05. The van der Waals surface area contributed by atoms with E-state index in [-0.39, 0.29) is 0 Å². The average Bonchev–Trinajstić information content (AvgIpc) is 3.10. The normalized spacial score (nSPS) is 10.8. The summed E-state index contributed by atoms with van der Waals surface area (Å²) in [6.07, 6.45) is 2.11. The molecule has 2 heterocycles. The van der Waals surface area contributed by atoms with E-state index in [9.17, 15) is 0 Å². The first-order chi connectivity index (χ1) is 13.7. The molecule has 0 aliphatic carbocycles. The molecule has 0 saturated carbocycles. The van der Waals surface area contributed by atoms with Crippen LogP contribution in [0.4, 0.5) is 5.82 Å². The van der Waals surface area contributed by atoms with Crippen molar-refractivity contribution in [2.45, 2.75) is 26.9 Å². The van der Waals surface area contributed by atoms with Crippen molar-refractivity contribution in [3.8, 4) is 11.3 Å². The van der Waals surface area contributed by atoms with Crippen molar-refractivity contribution >= 4 is 5.82 Å². The van der Waals surface area contributed by atoms with E-state index in [0.717, 1.165) is 40.7 Å². The Labute approximate surface area is 165 Å². The van der Waals surface area contributed by atoms with Crippen molar-refractivity contribution in [3.63, 3.8) is 0 Å². The summed E-state index contributed by atoms with van der Waals surface area (Å²) in [6, 6.07) is 22.6. The van der Waals surface area contributed by atoms with Gasteiger partial charge in [-0.3, -0.25) is 4.68 Å². The third-order valence-electron chi connectivity index (χ3n) is 4.50. The van der Waals surface area contributed by atoms with Gasteiger partial charge in [0.15, 0.2) is 0 Å². The number of benzene rings is 2. The molecule has 0 saturated heterocycles. The maximum absolute atomic E-state index is 4.87. The summed E-state index contributed by atoms with van der Waals surface area (Å²) in [4.78, 5) is 8.81. The molecule has 0 atom stereocenters. The zero-order chi connectivity index (χ0) is 19.3. The minimum absolute atomic E-state index is 0.648. The van der Waals surface area contributed by atoms with Crippen LogP contribution in [0.5, 0.6) is 0 Å². The number of hydrogen-bond acceptors (Lipinski definition) is 4. The van der Waals surface area contributed by atoms with Gasteiger partial charge < -0.3 is 5.32 Å². The van der Waals surface area contributed by atoms with Crippen LogP contribution in [0.1, 0.15) is 22.6 Å². The summed E-state index contributed by atoms with van der Waals surface area (Å²) in [7, 11) is 0. The van der Waals surface area contributed by atoms with Gasteiger partial charge in [0.1, 0.15) is 11.6 Å². The second-order valence-corrected chi connectivity index (χ2v) is 6.85. The minimum atomic E-state index is 0.648. The van der Waals surface area contributed by atoms with Gasteiger partial charge in [-0.25, -0.2) is 9.97 Å². The maximum atomic E-state index is 4.87. The Kier molecular flexibility index (Phi) is 5.15. The van der Waals surface area contributed by atoms with Gasteiger partial charge in [0.25, 0.3) is 0 Å². The molecule has 1 N–H and O–H groups in total. The molecule has 2 aromatic heterocycles. The molecule has 0 fully saturated rings. The molecule has 5 nitrogen and oxygen atoms in total. The van der Waals surface area contributed by atoms with E-state index in [2.05, 4.69) is 57.9 Å². The van der Waals surface area contributed by atoms with Crippen LogP contribution in [0.15, 0.2) is 72.9 Å². The van der Waals surface area contributed by atoms with Gasteiger partial charge in [-0.1, -0.05) is 60.7 Å². The molecule has 0 aliphatic rings. The number of anilines is 1. The number of aromatic nitrogens is 4. The summed E-state index contributed by atoms with van der Waals surface area (Å²) in [5, 5.41) is 8.29. The maximum Gasteiger partial charge on any atom is 0.130 e. The third kappa shape index (κ3) is 4.26. The standard InChI is InChI=1S/C23H23N5/c1-17-13-22(26-18(2)25-17)24-14-21-16-28(15-19-9-5-3-6-10-19)27-23(21)20-11-7-4-8-12-20/h3-13,16H,14-15H2,1-2H3,(H,24,25,26). The van der Waals surface area contributed by atoms with E-state index < -0.39 is 0 Å². The molecule has 0 aliphatic heterocycles. The molecule has 2 aromatic carbocycles. The molecule has 0 unspecified atom stereocenters. The van der Waals surface area contributed by atoms with Crippen molar-refractivity contribution in [1.82, 2.24) is 19.7 Å². The molecule has 4 rings (SSSR count). The van der Waals surface area contributed by atoms with Crippen LogP contribution in [-0.2, 0) is 13.1 Å². The van der Waals surface area contributed by atoms with E-state index in [1.807, 2.05) is 48.9 Å². The molecule has 5 heteroatoms. The minimum Gasteiger partial charge on any atom is -0.366 e. The van der Waals surface area contributed by atoms with Gasteiger partial charge in [-0.2, -0.15) is 5.10 Å². The van der Waals surface area contributed by atoms with E-state index >= 15 is 0 Å². The zero-order valence-electron chi connectivity index (χ0n) is 16.1. The lowest BCUT2D eigenvalue weighted by Crippen LogP contribution is -2.04. The second-order valence-electron chi connectivity index (χ2n) is 6.85. The Morgan fingerprint density at radius 1 is 0.893 bits per heavy atom. The van der Waals surface area contributed by atoms with E-state index in [0.29, 0.717) is 6.54 Å². The van der Waals surface area contributed by atoms with Crippen molar-refractivity contribution in [2.24, 2.45) is 0 Å². The highest BCUT2D eigenvalue weighted by Gasteiger charge is 2.12. The van der Waals surface area contributed by atoms with Crippen LogP contribution in [0.25, 0.3) is 11.3 Å². The molecular formula is C23H23N5. The highest BCUT2D eigenvalue weighted by Crippen LogP contribution is 2.23. The Bertz CT molecular complexity index is 1030. The van der Waals surface area contributed by atoms with Crippen LogP contribution < -0.4 is 5.32 Å². The predicted molar refractivity (Wildman–Crippen MR) is 112 cm³/mol. The van der Waals surface area contributed by atoms with Crippen molar-refractivity contribution in [3.05, 3.63) is 95.6 Å². The van der Waals surface area contributed by atoms with Gasteiger partial charge in [0.2, 0.25) is 0 Å². The number of hydrogen-bond donors (Lipinski definition) is 1. The molecular weight excluding hydrogens is 346 g/mol. The smallest absolute Gasteiger partial charge is 0.130 e. The van der Waals surface area contributed by atoms with Gasteiger partial charge in [0, 0.05) is 35.6 Å². The van der Waals surface area contributed by atoms with Crippen LogP contribution in [0.2, 0.25) is 0 Å². The molecule has 0 radical (unpaired) electrons. The van der Waals surface area contributed by atoms with Crippen molar-refractivity contribution in [2.75, 3.05) is 5.32 Å². The Balaban J connectivity index is 1.62. The van der Waals surface area contributed by atoms with Crippen LogP contribution in [-0.4, -0.2) is 19.7 Å². The highest BCUT2D eigenvalue weighted by molar-refractivity contribution is 5.63. The Morgan fingerprint density at radius 3 is 2.32 bits per heavy atom. The summed E-state index contributed by atoms with van der Waals surface area (Å²) >= 11 is 0. The first-order valence-corrected chi connectivity index (χ1v) is 9.39. The van der Waals surface area contributed by atoms with E-state index in [4.69, 9.17) is 5.10 Å². The first-order valence-electron chi connectivity index (χ1n) is 9.39. The zero-order valence-corrected chi connectivity index (χ0v) is 16.1. The summed E-state index contributed by atoms with van der Waals surface area (Å²) in [6.45, 7) is 5.28. The van der Waals surface area contributed by atoms with Gasteiger partial charge in [-0.15, -0.1) is 0 Å². The summed E-state index contributed by atoms with van der Waals surface area (Å²) in [5.74, 6) is 1.60. The lowest BCUT2D eigenvalue weighted by Gasteiger charge is -2.07. The number of rotatable bonds is 6. The number of nitrogens with one attached hydrogen (secondary N) is 1. The van der Waals surface area contributed by atoms with Crippen LogP contribution in [0.3, 0.4) is 0 Å². The first kappa shape index (κ1) is 17.9. The van der Waals surface area contributed by atoms with Gasteiger partial charge in [-0.05, 0) is 19.4 Å². The van der Waals surface area contributed by atoms with Crippen molar-refractivity contribution < 1.29 is 0 Å². The Morgan fingerprint density at radius 2 is 1.61 bits per heavy atom. The van der Waals surface area contributed by atoms with Crippen LogP contribution in [0, 0.1) is 13.8 Å². The van der Waals surface area contributed by atoms with Gasteiger partial charge in [0.05, 0.1) is 12.2 Å². The number of nitrogens with zero attached hydrogens (tertiary/aromatic N) is 4. The largest absolute Gasteiger partial charge is 0.366 e. The SMILES string of the molecule is Cc1cc(NCc2cn(Cc3ccccc3)nc2-c2ccccc2)nc(C)n1. The molecule has 0 amide bonds. The Hall–Kier alpha value is -3.47. The quantitative estimate of drug-likeness (QED) is 0.539. The van der Waals surface area contributed by atoms with Gasteiger partial charge >= 0.3 is 0 Å². The predicted octanol–water partition coefficient (Wildman–Crippen LogP) is 4.62. The number of aryl methyl sites for hydroxylation is 2. The summed E-state index contributed by atoms with van der Waals surface area (Å²) in [5.41, 5.74) is 5.42. The van der Waals surface area contributed by atoms with Crippen molar-refractivity contribution in [1.29, 1.82) is 0 Å². The third-order valence-corrected chi connectivity index (χ3v) is 4.50. The topological polar surface area (TPSA) is 55.6 Å². The lowest BCUT2D eigenvalue weighted by atomic mass is 10.1. The molecule has 0 spiro atoms. The summed E-state index contributed by atoms with van der Waals surface area (Å²) < 4.78 is 2.01. The fourth-order valence-electron chi connectivity index (χ4n) is 3.28. The molecule has 140 valence electrons. The average molecular weight is 369 g/mol. The van der Waals surface area contributed by atoms with E-state index in [1.54, 1.807) is 0 Å². The lowest BCUT2D eigenvalue weighted by molar-refractivity contribution is 0.688. The van der Waals surface area contributed by atoms with Crippen LogP contribution >= 0.6 is 0 Å². The monoisotopic (exact) mass is 369 g/mol. The fourth-order valence-corrected chi connectivity index (χ4v) is 3.28. The fraction of sp³-hybridized carbons (Fsp3) is 0.174. The van der Waals surface area contributed by atoms with E-state index in [1.165, 1.54) is 5.56 Å². The molecule has 28 heavy (non-hydrogen) atoms. The highest BCUT2D eigenvalue weighted by atomic mass is 15.3. The molecule has 4 aromatic rings.